The van der Waals surface area contributed by atoms with E-state index in [1.165, 1.54) is 0 Å². The van der Waals surface area contributed by atoms with Gasteiger partial charge < -0.3 is 13.9 Å². The second-order valence-corrected chi connectivity index (χ2v) is 4.15. The van der Waals surface area contributed by atoms with Crippen molar-refractivity contribution in [2.45, 2.75) is 33.3 Å². The Balaban J connectivity index is 4.08. The summed E-state index contributed by atoms with van der Waals surface area (Å²) in [5.41, 5.74) is 0.817. The van der Waals surface area contributed by atoms with Crippen LogP contribution < -0.4 is 0 Å². The van der Waals surface area contributed by atoms with Crippen LogP contribution in [0.25, 0.3) is 0 Å². The molecule has 4 heteroatoms. The molecule has 0 fully saturated rings. The van der Waals surface area contributed by atoms with Crippen LogP contribution >= 0.6 is 0 Å². The van der Waals surface area contributed by atoms with Crippen LogP contribution in [-0.4, -0.2) is 29.8 Å². The van der Waals surface area contributed by atoms with E-state index in [0.29, 0.717) is 12.6 Å². The van der Waals surface area contributed by atoms with E-state index in [1.807, 2.05) is 27.7 Å². The second-order valence-electron chi connectivity index (χ2n) is 3.74. The number of ether oxygens (including phenoxy) is 2. The first-order valence-corrected chi connectivity index (χ1v) is 5.14. The first kappa shape index (κ1) is 12.5. The van der Waals surface area contributed by atoms with Gasteiger partial charge in [-0.3, -0.25) is 0 Å². The molecule has 0 spiro atoms. The molecule has 0 saturated heterocycles. The number of allylic oxidation sites excluding steroid dienone is 1. The normalized spacial score (nSPS) is 11.2. The van der Waals surface area contributed by atoms with Gasteiger partial charge in [-0.1, -0.05) is 0 Å². The highest BCUT2D eigenvalue weighted by Gasteiger charge is 2.17. The quantitative estimate of drug-likeness (QED) is 0.493. The first-order valence-electron chi connectivity index (χ1n) is 4.32. The SMILES string of the molecule is COC(OCC(C)(C)O[SiH3])=C(C)C. The van der Waals surface area contributed by atoms with Gasteiger partial charge in [-0.25, -0.2) is 0 Å². The van der Waals surface area contributed by atoms with E-state index in [2.05, 4.69) is 0 Å². The van der Waals surface area contributed by atoms with Crippen molar-refractivity contribution in [2.75, 3.05) is 13.7 Å². The highest BCUT2D eigenvalue weighted by Crippen LogP contribution is 2.12. The maximum atomic E-state index is 5.46. The average Bonchev–Trinajstić information content (AvgIpc) is 2.05. The lowest BCUT2D eigenvalue weighted by atomic mass is 10.2. The van der Waals surface area contributed by atoms with Crippen LogP contribution in [0.3, 0.4) is 0 Å². The lowest BCUT2D eigenvalue weighted by molar-refractivity contribution is -0.0197. The minimum atomic E-state index is -0.217. The first-order chi connectivity index (χ1) is 5.93. The Morgan fingerprint density at radius 3 is 2.15 bits per heavy atom. The summed E-state index contributed by atoms with van der Waals surface area (Å²) < 4.78 is 15.9. The van der Waals surface area contributed by atoms with Crippen molar-refractivity contribution in [2.24, 2.45) is 0 Å². The van der Waals surface area contributed by atoms with E-state index in [0.717, 1.165) is 16.1 Å². The van der Waals surface area contributed by atoms with Crippen molar-refractivity contribution in [1.82, 2.24) is 0 Å². The molecule has 0 aromatic carbocycles. The third-order valence-corrected chi connectivity index (χ3v) is 2.80. The summed E-state index contributed by atoms with van der Waals surface area (Å²) in [5.74, 6) is 0.590. The van der Waals surface area contributed by atoms with Gasteiger partial charge in [-0.05, 0) is 27.7 Å². The fourth-order valence-electron chi connectivity index (χ4n) is 0.706. The summed E-state index contributed by atoms with van der Waals surface area (Å²) in [6.07, 6.45) is 0. The van der Waals surface area contributed by atoms with Crippen LogP contribution in [0.1, 0.15) is 27.7 Å². The largest absolute Gasteiger partial charge is 0.469 e. The molecule has 0 aliphatic carbocycles. The van der Waals surface area contributed by atoms with Gasteiger partial charge in [-0.15, -0.1) is 0 Å². The lowest BCUT2D eigenvalue weighted by Gasteiger charge is -2.24. The molecule has 0 aromatic rings. The van der Waals surface area contributed by atoms with E-state index >= 15 is 0 Å². The molecule has 0 aromatic heterocycles. The van der Waals surface area contributed by atoms with Crippen LogP contribution in [0, 0.1) is 0 Å². The molecule has 0 amide bonds. The standard InChI is InChI=1S/C9H20O3Si/c1-7(2)8(10-5)11-6-9(3,4)12-13/h6H2,1-5,13H3. The Kier molecular flexibility index (Phi) is 5.09. The van der Waals surface area contributed by atoms with Crippen molar-refractivity contribution in [1.29, 1.82) is 0 Å². The zero-order valence-electron chi connectivity index (χ0n) is 9.43. The van der Waals surface area contributed by atoms with Crippen molar-refractivity contribution in [3.05, 3.63) is 11.5 Å². The molecule has 0 saturated carbocycles. The molecule has 78 valence electrons. The summed E-state index contributed by atoms with van der Waals surface area (Å²) in [7, 11) is 2.33. The fourth-order valence-corrected chi connectivity index (χ4v) is 0.824. The van der Waals surface area contributed by atoms with Gasteiger partial charge in [0.25, 0.3) is 5.95 Å². The van der Waals surface area contributed by atoms with Gasteiger partial charge in [0.15, 0.2) is 0 Å². The van der Waals surface area contributed by atoms with Crippen LogP contribution in [0.5, 0.6) is 0 Å². The van der Waals surface area contributed by atoms with Crippen LogP contribution in [0.15, 0.2) is 11.5 Å². The molecule has 0 radical (unpaired) electrons. The summed E-state index contributed by atoms with van der Waals surface area (Å²) in [5, 5.41) is 0. The third kappa shape index (κ3) is 4.95. The number of hydrogen-bond acceptors (Lipinski definition) is 3. The summed E-state index contributed by atoms with van der Waals surface area (Å²) >= 11 is 0. The molecule has 0 rings (SSSR count). The maximum Gasteiger partial charge on any atom is 0.277 e. The second kappa shape index (κ2) is 5.29. The molecular weight excluding hydrogens is 184 g/mol. The zero-order chi connectivity index (χ0) is 10.5. The molecule has 0 unspecified atom stereocenters. The Bertz CT molecular complexity index is 183. The van der Waals surface area contributed by atoms with Gasteiger partial charge in [0.2, 0.25) is 0 Å². The van der Waals surface area contributed by atoms with Crippen molar-refractivity contribution >= 4 is 10.5 Å². The lowest BCUT2D eigenvalue weighted by Crippen LogP contribution is -2.29. The van der Waals surface area contributed by atoms with E-state index in [-0.39, 0.29) is 5.60 Å². The molecule has 0 atom stereocenters. The minimum absolute atomic E-state index is 0.217. The topological polar surface area (TPSA) is 27.7 Å². The van der Waals surface area contributed by atoms with Crippen molar-refractivity contribution in [3.63, 3.8) is 0 Å². The summed E-state index contributed by atoms with van der Waals surface area (Å²) in [4.78, 5) is 0. The van der Waals surface area contributed by atoms with Gasteiger partial charge in [-0.2, -0.15) is 0 Å². The van der Waals surface area contributed by atoms with E-state index in [1.54, 1.807) is 7.11 Å². The summed E-state index contributed by atoms with van der Waals surface area (Å²) in [6, 6.07) is 0. The fraction of sp³-hybridized carbons (Fsp3) is 0.778. The van der Waals surface area contributed by atoms with Crippen molar-refractivity contribution in [3.8, 4) is 0 Å². The molecule has 13 heavy (non-hydrogen) atoms. The average molecular weight is 204 g/mol. The molecule has 3 nitrogen and oxygen atoms in total. The highest BCUT2D eigenvalue weighted by atomic mass is 28.2. The number of hydrogen-bond donors (Lipinski definition) is 0. The van der Waals surface area contributed by atoms with E-state index < -0.39 is 0 Å². The molecule has 0 N–H and O–H groups in total. The predicted octanol–water partition coefficient (Wildman–Crippen LogP) is 0.976. The molecule has 0 heterocycles. The van der Waals surface area contributed by atoms with Crippen LogP contribution in [-0.2, 0) is 13.9 Å². The number of rotatable bonds is 5. The molecule has 0 bridgehead atoms. The van der Waals surface area contributed by atoms with Crippen LogP contribution in [0.2, 0.25) is 0 Å². The molecule has 0 aliphatic rings. The van der Waals surface area contributed by atoms with Crippen LogP contribution in [0.4, 0.5) is 0 Å². The van der Waals surface area contributed by atoms with Gasteiger partial charge >= 0.3 is 0 Å². The molecular formula is C9H20O3Si. The van der Waals surface area contributed by atoms with Gasteiger partial charge in [0, 0.05) is 5.57 Å². The Morgan fingerprint density at radius 2 is 1.85 bits per heavy atom. The minimum Gasteiger partial charge on any atom is -0.469 e. The Hall–Kier alpha value is -0.483. The predicted molar refractivity (Wildman–Crippen MR) is 56.4 cm³/mol. The monoisotopic (exact) mass is 204 g/mol. The Morgan fingerprint density at radius 1 is 1.31 bits per heavy atom. The molecule has 0 aliphatic heterocycles. The zero-order valence-corrected chi connectivity index (χ0v) is 11.4. The van der Waals surface area contributed by atoms with E-state index in [4.69, 9.17) is 13.9 Å². The Labute approximate surface area is 83.6 Å². The smallest absolute Gasteiger partial charge is 0.277 e. The van der Waals surface area contributed by atoms with Crippen molar-refractivity contribution < 1.29 is 13.9 Å². The highest BCUT2D eigenvalue weighted by molar-refractivity contribution is 5.98. The van der Waals surface area contributed by atoms with E-state index in [9.17, 15) is 0 Å². The third-order valence-electron chi connectivity index (χ3n) is 1.70. The summed E-state index contributed by atoms with van der Waals surface area (Å²) in [6.45, 7) is 8.42. The van der Waals surface area contributed by atoms with Gasteiger partial charge in [0.1, 0.15) is 17.1 Å². The maximum absolute atomic E-state index is 5.46. The number of methoxy groups -OCH3 is 1. The van der Waals surface area contributed by atoms with Gasteiger partial charge in [0.05, 0.1) is 12.7 Å².